The summed E-state index contributed by atoms with van der Waals surface area (Å²) in [6.07, 6.45) is 77.2. The van der Waals surface area contributed by atoms with Crippen LogP contribution in [0.2, 0.25) is 0 Å². The van der Waals surface area contributed by atoms with Gasteiger partial charge >= 0.3 is 17.9 Å². The van der Waals surface area contributed by atoms with Gasteiger partial charge in [0.1, 0.15) is 13.2 Å². The topological polar surface area (TPSA) is 78.9 Å². The maximum absolute atomic E-state index is 12.9. The Balaban J connectivity index is 4.10. The lowest BCUT2D eigenvalue weighted by Gasteiger charge is -2.18. The maximum Gasteiger partial charge on any atom is 0.306 e. The molecular weight excluding hydrogens is 901 g/mol. The highest BCUT2D eigenvalue weighted by atomic mass is 16.6. The zero-order valence-corrected chi connectivity index (χ0v) is 48.9. The van der Waals surface area contributed by atoms with Crippen LogP contribution in [0.1, 0.15) is 342 Å². The predicted octanol–water partition coefficient (Wildman–Crippen LogP) is 21.8. The van der Waals surface area contributed by atoms with Gasteiger partial charge in [-0.1, -0.05) is 288 Å². The van der Waals surface area contributed by atoms with Gasteiger partial charge in [-0.2, -0.15) is 0 Å². The van der Waals surface area contributed by atoms with Gasteiger partial charge in [-0.25, -0.2) is 0 Å². The molecule has 0 heterocycles. The average molecular weight is 1020 g/mol. The molecule has 0 aliphatic rings. The van der Waals surface area contributed by atoms with E-state index in [1.54, 1.807) is 0 Å². The standard InChI is InChI=1S/C67H122O6/c1-4-7-10-13-16-18-20-22-24-26-28-30-31-32-33-34-35-37-38-40-42-44-46-48-51-54-57-60-66(69)72-63-64(62-71-65(68)59-56-53-50-15-12-9-6-3)73-67(70)61-58-55-52-49-47-45-43-41-39-36-29-27-25-23-21-19-17-14-11-8-5-2/h20,22,26-29,31-32,64H,4-19,21,23-25,30,33-63H2,1-3H3/b22-20-,28-26-,29-27-,32-31-. The second-order valence-electron chi connectivity index (χ2n) is 21.7. The molecule has 0 rings (SSSR count). The fourth-order valence-electron chi connectivity index (χ4n) is 9.45. The number of carbonyl (C=O) groups excluding carboxylic acids is 3. The summed E-state index contributed by atoms with van der Waals surface area (Å²) in [6.45, 7) is 6.63. The summed E-state index contributed by atoms with van der Waals surface area (Å²) >= 11 is 0. The van der Waals surface area contributed by atoms with Gasteiger partial charge < -0.3 is 14.2 Å². The molecule has 1 atom stereocenters. The molecule has 0 saturated carbocycles. The van der Waals surface area contributed by atoms with Crippen LogP contribution in [-0.2, 0) is 28.6 Å². The number of hydrogen-bond acceptors (Lipinski definition) is 6. The second kappa shape index (κ2) is 61.9. The van der Waals surface area contributed by atoms with Crippen molar-refractivity contribution in [1.82, 2.24) is 0 Å². The van der Waals surface area contributed by atoms with Gasteiger partial charge in [-0.3, -0.25) is 14.4 Å². The molecular formula is C67H122O6. The fraction of sp³-hybridized carbons (Fsp3) is 0.836. The first-order valence-electron chi connectivity index (χ1n) is 32.1. The number of unbranched alkanes of at least 4 members (excludes halogenated alkanes) is 40. The van der Waals surface area contributed by atoms with E-state index in [1.165, 1.54) is 231 Å². The number of hydrogen-bond donors (Lipinski definition) is 0. The zero-order chi connectivity index (χ0) is 52.9. The molecule has 0 amide bonds. The van der Waals surface area contributed by atoms with Crippen LogP contribution in [0.15, 0.2) is 48.6 Å². The molecule has 0 radical (unpaired) electrons. The summed E-state index contributed by atoms with van der Waals surface area (Å²) in [7, 11) is 0. The first-order valence-corrected chi connectivity index (χ1v) is 32.1. The van der Waals surface area contributed by atoms with Crippen LogP contribution in [0.4, 0.5) is 0 Å². The predicted molar refractivity (Wildman–Crippen MR) is 316 cm³/mol. The third-order valence-electron chi connectivity index (χ3n) is 14.3. The lowest BCUT2D eigenvalue weighted by Crippen LogP contribution is -2.30. The van der Waals surface area contributed by atoms with Gasteiger partial charge in [0.25, 0.3) is 0 Å². The van der Waals surface area contributed by atoms with E-state index in [9.17, 15) is 14.4 Å². The molecule has 6 heteroatoms. The van der Waals surface area contributed by atoms with Gasteiger partial charge in [0.05, 0.1) is 0 Å². The highest BCUT2D eigenvalue weighted by Gasteiger charge is 2.19. The smallest absolute Gasteiger partial charge is 0.306 e. The van der Waals surface area contributed by atoms with Crippen LogP contribution in [-0.4, -0.2) is 37.2 Å². The van der Waals surface area contributed by atoms with Gasteiger partial charge in [-0.05, 0) is 83.5 Å². The van der Waals surface area contributed by atoms with E-state index >= 15 is 0 Å². The Hall–Kier alpha value is -2.63. The van der Waals surface area contributed by atoms with Gasteiger partial charge in [0, 0.05) is 19.3 Å². The van der Waals surface area contributed by atoms with Crippen molar-refractivity contribution in [3.8, 4) is 0 Å². The van der Waals surface area contributed by atoms with E-state index in [1.807, 2.05) is 0 Å². The summed E-state index contributed by atoms with van der Waals surface area (Å²) in [5.74, 6) is -0.865. The van der Waals surface area contributed by atoms with Crippen LogP contribution in [0.3, 0.4) is 0 Å². The second-order valence-corrected chi connectivity index (χ2v) is 21.7. The number of esters is 3. The van der Waals surface area contributed by atoms with Crippen molar-refractivity contribution in [2.45, 2.75) is 348 Å². The zero-order valence-electron chi connectivity index (χ0n) is 48.9. The summed E-state index contributed by atoms with van der Waals surface area (Å²) in [6, 6.07) is 0. The van der Waals surface area contributed by atoms with Crippen LogP contribution >= 0.6 is 0 Å². The number of rotatable bonds is 59. The van der Waals surface area contributed by atoms with Crippen molar-refractivity contribution in [3.63, 3.8) is 0 Å². The van der Waals surface area contributed by atoms with Crippen molar-refractivity contribution in [1.29, 1.82) is 0 Å². The maximum atomic E-state index is 12.9. The van der Waals surface area contributed by atoms with E-state index < -0.39 is 6.10 Å². The molecule has 0 bridgehead atoms. The molecule has 0 aliphatic heterocycles. The Morgan fingerprint density at radius 2 is 0.493 bits per heavy atom. The lowest BCUT2D eigenvalue weighted by molar-refractivity contribution is -0.167. The Bertz CT molecular complexity index is 1270. The molecule has 0 fully saturated rings. The van der Waals surface area contributed by atoms with Gasteiger partial charge in [0.15, 0.2) is 6.10 Å². The van der Waals surface area contributed by atoms with E-state index in [-0.39, 0.29) is 31.1 Å². The lowest BCUT2D eigenvalue weighted by atomic mass is 10.0. The Kier molecular flexibility index (Phi) is 59.7. The Morgan fingerprint density at radius 3 is 0.781 bits per heavy atom. The van der Waals surface area contributed by atoms with Crippen molar-refractivity contribution in [3.05, 3.63) is 48.6 Å². The quantitative estimate of drug-likeness (QED) is 0.0261. The Labute approximate surface area is 454 Å². The van der Waals surface area contributed by atoms with E-state index in [2.05, 4.69) is 69.4 Å². The van der Waals surface area contributed by atoms with Crippen LogP contribution in [0.5, 0.6) is 0 Å². The normalized spacial score (nSPS) is 12.3. The van der Waals surface area contributed by atoms with Crippen LogP contribution < -0.4 is 0 Å². The summed E-state index contributed by atoms with van der Waals surface area (Å²) < 4.78 is 16.8. The van der Waals surface area contributed by atoms with Gasteiger partial charge in [0.2, 0.25) is 0 Å². The molecule has 0 spiro atoms. The minimum absolute atomic E-state index is 0.0716. The minimum Gasteiger partial charge on any atom is -0.462 e. The minimum atomic E-state index is -0.771. The highest BCUT2D eigenvalue weighted by Crippen LogP contribution is 2.17. The highest BCUT2D eigenvalue weighted by molar-refractivity contribution is 5.71. The third kappa shape index (κ3) is 60.1. The Morgan fingerprint density at radius 1 is 0.274 bits per heavy atom. The van der Waals surface area contributed by atoms with Crippen molar-refractivity contribution in [2.24, 2.45) is 0 Å². The van der Waals surface area contributed by atoms with E-state index in [0.717, 1.165) is 70.6 Å². The SMILES string of the molecule is CCCCCCC/C=C\C/C=C\C/C=C\CCCCCCCCCCCCCCC(=O)OCC(COC(=O)CCCCCCCCC)OC(=O)CCCCCCCCCCC/C=C\CCCCCCCCCC. The molecule has 0 saturated heterocycles. The molecule has 0 aromatic carbocycles. The van der Waals surface area contributed by atoms with Gasteiger partial charge in [-0.15, -0.1) is 0 Å². The number of allylic oxidation sites excluding steroid dienone is 8. The van der Waals surface area contributed by atoms with Crippen molar-refractivity contribution >= 4 is 17.9 Å². The fourth-order valence-corrected chi connectivity index (χ4v) is 9.45. The summed E-state index contributed by atoms with van der Waals surface area (Å²) in [4.78, 5) is 38.1. The third-order valence-corrected chi connectivity index (χ3v) is 14.3. The number of ether oxygens (including phenoxy) is 3. The molecule has 6 nitrogen and oxygen atoms in total. The molecule has 0 N–H and O–H groups in total. The van der Waals surface area contributed by atoms with Crippen LogP contribution in [0, 0.1) is 0 Å². The molecule has 73 heavy (non-hydrogen) atoms. The molecule has 1 unspecified atom stereocenters. The van der Waals surface area contributed by atoms with Crippen LogP contribution in [0.25, 0.3) is 0 Å². The van der Waals surface area contributed by atoms with Crippen molar-refractivity contribution in [2.75, 3.05) is 13.2 Å². The first-order chi connectivity index (χ1) is 36.0. The summed E-state index contributed by atoms with van der Waals surface area (Å²) in [5.41, 5.74) is 0. The molecule has 426 valence electrons. The van der Waals surface area contributed by atoms with E-state index in [4.69, 9.17) is 14.2 Å². The largest absolute Gasteiger partial charge is 0.462 e. The monoisotopic (exact) mass is 1020 g/mol. The van der Waals surface area contributed by atoms with E-state index in [0.29, 0.717) is 19.3 Å². The average Bonchev–Trinajstić information content (AvgIpc) is 3.39. The van der Waals surface area contributed by atoms with Crippen molar-refractivity contribution < 1.29 is 28.6 Å². The number of carbonyl (C=O) groups is 3. The molecule has 0 aliphatic carbocycles. The molecule has 0 aromatic rings. The first kappa shape index (κ1) is 70.4. The molecule has 0 aromatic heterocycles. The summed E-state index contributed by atoms with van der Waals surface area (Å²) in [5, 5.41) is 0.